The maximum absolute atomic E-state index is 11.8. The van der Waals surface area contributed by atoms with Crippen molar-refractivity contribution >= 4 is 39.7 Å². The van der Waals surface area contributed by atoms with Gasteiger partial charge in [-0.25, -0.2) is 0 Å². The summed E-state index contributed by atoms with van der Waals surface area (Å²) in [7, 11) is -3.66. The Kier molecular flexibility index (Phi) is 6.05. The van der Waals surface area contributed by atoms with Crippen LogP contribution in [0.25, 0.3) is 0 Å². The second-order valence-electron chi connectivity index (χ2n) is 3.51. The Labute approximate surface area is 129 Å². The van der Waals surface area contributed by atoms with Gasteiger partial charge in [0, 0.05) is 0 Å². The number of hydrogen-bond donors (Lipinski definition) is 0. The van der Waals surface area contributed by atoms with Gasteiger partial charge >= 0.3 is 29.6 Å². The number of benzene rings is 2. The van der Waals surface area contributed by atoms with Gasteiger partial charge in [0.05, 0.1) is 11.5 Å². The first kappa shape index (κ1) is 15.4. The first-order valence-electron chi connectivity index (χ1n) is 5.17. The molecule has 0 atom stereocenters. The van der Waals surface area contributed by atoms with Crippen molar-refractivity contribution in [2.75, 3.05) is 0 Å². The topological polar surface area (TPSA) is 43.4 Å². The summed E-state index contributed by atoms with van der Waals surface area (Å²) in [5.74, 6) is 0. The Hall–Kier alpha value is -0.650. The Morgan fingerprint density at radius 3 is 1.89 bits per heavy atom. The molecule has 0 N–H and O–H groups in total. The van der Waals surface area contributed by atoms with E-state index in [1.54, 1.807) is 18.2 Å². The fourth-order valence-electron chi connectivity index (χ4n) is 1.38. The van der Waals surface area contributed by atoms with Gasteiger partial charge in [-0.1, -0.05) is 48.5 Å². The average Bonchev–Trinajstić information content (AvgIpc) is 2.39. The predicted molar refractivity (Wildman–Crippen MR) is 72.0 cm³/mol. The second kappa shape index (κ2) is 7.07. The molecule has 0 fully saturated rings. The average molecular weight is 272 g/mol. The second-order valence-corrected chi connectivity index (χ2v) is 5.13. The van der Waals surface area contributed by atoms with Crippen LogP contribution in [-0.2, 0) is 20.9 Å². The van der Waals surface area contributed by atoms with Crippen molar-refractivity contribution in [3.05, 3.63) is 66.2 Å². The van der Waals surface area contributed by atoms with Gasteiger partial charge in [-0.3, -0.25) is 4.18 Å². The molecule has 0 aliphatic carbocycles. The van der Waals surface area contributed by atoms with E-state index < -0.39 is 10.1 Å². The van der Waals surface area contributed by atoms with Crippen molar-refractivity contribution in [1.82, 2.24) is 0 Å². The molecule has 2 rings (SSSR count). The van der Waals surface area contributed by atoms with Gasteiger partial charge in [0.1, 0.15) is 0 Å². The van der Waals surface area contributed by atoms with Crippen molar-refractivity contribution in [2.24, 2.45) is 0 Å². The molecule has 0 bridgehead atoms. The van der Waals surface area contributed by atoms with Gasteiger partial charge in [0.15, 0.2) is 0 Å². The van der Waals surface area contributed by atoms with Crippen LogP contribution in [0.15, 0.2) is 65.6 Å². The van der Waals surface area contributed by atoms with Gasteiger partial charge in [-0.2, -0.15) is 8.42 Å². The van der Waals surface area contributed by atoms with Crippen LogP contribution in [0.3, 0.4) is 0 Å². The minimum absolute atomic E-state index is 0. The molecule has 0 radical (unpaired) electrons. The van der Waals surface area contributed by atoms with Crippen LogP contribution < -0.4 is 0 Å². The molecule has 0 heterocycles. The quantitative estimate of drug-likeness (QED) is 0.631. The van der Waals surface area contributed by atoms with Crippen LogP contribution in [0.5, 0.6) is 0 Å². The molecule has 0 spiro atoms. The van der Waals surface area contributed by atoms with Crippen molar-refractivity contribution in [1.29, 1.82) is 0 Å². The molecular weight excluding hydrogens is 259 g/mol. The van der Waals surface area contributed by atoms with E-state index in [1.165, 1.54) is 12.1 Å². The van der Waals surface area contributed by atoms with Gasteiger partial charge in [0.25, 0.3) is 10.1 Å². The monoisotopic (exact) mass is 272 g/mol. The van der Waals surface area contributed by atoms with E-state index in [4.69, 9.17) is 4.18 Å². The van der Waals surface area contributed by atoms with Crippen molar-refractivity contribution in [3.63, 3.8) is 0 Å². The van der Waals surface area contributed by atoms with Crippen molar-refractivity contribution in [2.45, 2.75) is 11.5 Å². The summed E-state index contributed by atoms with van der Waals surface area (Å²) in [4.78, 5) is 0.177. The summed E-state index contributed by atoms with van der Waals surface area (Å²) in [6.45, 7) is 0.0536. The van der Waals surface area contributed by atoms with Gasteiger partial charge in [-0.05, 0) is 17.7 Å². The normalized spacial score (nSPS) is 10.7. The summed E-state index contributed by atoms with van der Waals surface area (Å²) >= 11 is 0. The summed E-state index contributed by atoms with van der Waals surface area (Å²) in [6.07, 6.45) is 0. The van der Waals surface area contributed by atoms with E-state index in [0.717, 1.165) is 5.56 Å². The van der Waals surface area contributed by atoms with Crippen LogP contribution in [0.1, 0.15) is 5.56 Å². The molecule has 2 aromatic carbocycles. The maximum atomic E-state index is 11.8. The molecule has 0 aliphatic heterocycles. The molecule has 5 heteroatoms. The van der Waals surface area contributed by atoms with Crippen molar-refractivity contribution in [3.8, 4) is 0 Å². The van der Waals surface area contributed by atoms with Crippen LogP contribution in [0.2, 0.25) is 0 Å². The molecule has 0 aromatic heterocycles. The Balaban J connectivity index is 0.00000162. The SMILES string of the molecule is O=S(=O)(OCc1ccccc1)c1ccccc1.[NaH]. The van der Waals surface area contributed by atoms with Gasteiger partial charge in [-0.15, -0.1) is 0 Å². The van der Waals surface area contributed by atoms with E-state index in [0.29, 0.717) is 0 Å². The molecule has 3 nitrogen and oxygen atoms in total. The first-order valence-corrected chi connectivity index (χ1v) is 6.58. The molecule has 2 aromatic rings. The van der Waals surface area contributed by atoms with Crippen LogP contribution >= 0.6 is 0 Å². The van der Waals surface area contributed by atoms with Crippen LogP contribution in [-0.4, -0.2) is 38.0 Å². The summed E-state index contributed by atoms with van der Waals surface area (Å²) < 4.78 is 28.5. The number of rotatable bonds is 4. The van der Waals surface area contributed by atoms with E-state index in [-0.39, 0.29) is 41.1 Å². The molecule has 0 saturated heterocycles. The predicted octanol–water partition coefficient (Wildman–Crippen LogP) is 1.94. The molecule has 0 amide bonds. The van der Waals surface area contributed by atoms with Gasteiger partial charge in [0.2, 0.25) is 0 Å². The van der Waals surface area contributed by atoms with Crippen molar-refractivity contribution < 1.29 is 12.6 Å². The summed E-state index contributed by atoms with van der Waals surface area (Å²) in [6, 6.07) is 17.3. The fraction of sp³-hybridized carbons (Fsp3) is 0.0769. The Bertz CT molecular complexity index is 568. The molecule has 90 valence electrons. The van der Waals surface area contributed by atoms with E-state index >= 15 is 0 Å². The van der Waals surface area contributed by atoms with Gasteiger partial charge < -0.3 is 0 Å². The first-order chi connectivity index (χ1) is 8.18. The third kappa shape index (κ3) is 4.23. The standard InChI is InChI=1S/C13H12O3S.Na.H/c14-17(15,13-9-5-2-6-10-13)16-11-12-7-3-1-4-8-12;;/h1-10H,11H2;;. The van der Waals surface area contributed by atoms with Crippen LogP contribution in [0, 0.1) is 0 Å². The molecule has 0 saturated carbocycles. The van der Waals surface area contributed by atoms with Crippen LogP contribution in [0.4, 0.5) is 0 Å². The zero-order valence-electron chi connectivity index (χ0n) is 9.11. The molecule has 18 heavy (non-hydrogen) atoms. The minimum atomic E-state index is -3.66. The van der Waals surface area contributed by atoms with E-state index in [2.05, 4.69) is 0 Å². The third-order valence-corrected chi connectivity index (χ3v) is 3.53. The zero-order chi connectivity index (χ0) is 12.1. The van der Waals surface area contributed by atoms with E-state index in [1.807, 2.05) is 30.3 Å². The molecule has 0 unspecified atom stereocenters. The third-order valence-electron chi connectivity index (χ3n) is 2.26. The Morgan fingerprint density at radius 1 is 0.833 bits per heavy atom. The van der Waals surface area contributed by atoms with E-state index in [9.17, 15) is 8.42 Å². The summed E-state index contributed by atoms with van der Waals surface area (Å²) in [5, 5.41) is 0. The molecule has 0 aliphatic rings. The summed E-state index contributed by atoms with van der Waals surface area (Å²) in [5.41, 5.74) is 0.826. The molecular formula is C13H13NaO3S. The number of hydrogen-bond acceptors (Lipinski definition) is 3. The fourth-order valence-corrected chi connectivity index (χ4v) is 2.29. The Morgan fingerprint density at radius 2 is 1.33 bits per heavy atom. The zero-order valence-corrected chi connectivity index (χ0v) is 9.93.